The quantitative estimate of drug-likeness (QED) is 0.618. The lowest BCUT2D eigenvalue weighted by Crippen LogP contribution is -2.97. The Kier molecular flexibility index (Phi) is 4.62. The number of carbonyl (C=O) groups is 3. The number of amides is 2. The van der Waals surface area contributed by atoms with Gasteiger partial charge < -0.3 is 14.8 Å². The van der Waals surface area contributed by atoms with Gasteiger partial charge in [-0.2, -0.15) is 0 Å². The van der Waals surface area contributed by atoms with Crippen molar-refractivity contribution in [1.29, 1.82) is 0 Å². The number of nitrogens with two attached hydrogens (primary N) is 1. The van der Waals surface area contributed by atoms with Gasteiger partial charge in [-0.15, -0.1) is 0 Å². The summed E-state index contributed by atoms with van der Waals surface area (Å²) in [6.45, 7) is 1.67. The number of anilines is 1. The average molecular weight is 395 g/mol. The molecule has 2 aliphatic heterocycles. The minimum absolute atomic E-state index is 0.314. The van der Waals surface area contributed by atoms with Gasteiger partial charge in [0, 0.05) is 6.92 Å². The van der Waals surface area contributed by atoms with E-state index in [1.165, 1.54) is 12.0 Å². The van der Waals surface area contributed by atoms with Gasteiger partial charge in [0.2, 0.25) is 17.4 Å². The number of para-hydroxylation sites is 2. The summed E-state index contributed by atoms with van der Waals surface area (Å²) in [4.78, 5) is 40.8. The van der Waals surface area contributed by atoms with Crippen molar-refractivity contribution in [3.8, 4) is 5.75 Å². The Balaban J connectivity index is 1.86. The third-order valence-electron chi connectivity index (χ3n) is 6.05. The number of nitrogens with zero attached hydrogens (tertiary/aromatic N) is 1. The molecule has 0 radical (unpaired) electrons. The summed E-state index contributed by atoms with van der Waals surface area (Å²) < 4.78 is 10.5. The van der Waals surface area contributed by atoms with Crippen LogP contribution in [0.5, 0.6) is 5.75 Å². The van der Waals surface area contributed by atoms with Gasteiger partial charge in [0.1, 0.15) is 23.6 Å². The molecule has 0 aromatic heterocycles. The Morgan fingerprint density at radius 1 is 1.00 bits per heavy atom. The number of hydrogen-bond acceptors (Lipinski definition) is 5. The average Bonchev–Trinajstić information content (AvgIpc) is 3.21. The maximum atomic E-state index is 13.5. The second kappa shape index (κ2) is 7.00. The summed E-state index contributed by atoms with van der Waals surface area (Å²) in [6, 6.07) is 15.7. The van der Waals surface area contributed by atoms with Crippen LogP contribution < -0.4 is 15.0 Å². The number of benzene rings is 2. The second-order valence-electron chi connectivity index (χ2n) is 7.56. The molecule has 2 aromatic rings. The van der Waals surface area contributed by atoms with Crippen LogP contribution in [0.4, 0.5) is 5.69 Å². The van der Waals surface area contributed by atoms with Gasteiger partial charge in [0.15, 0.2) is 0 Å². The van der Waals surface area contributed by atoms with Crippen molar-refractivity contribution in [1.82, 2.24) is 0 Å². The number of carbonyl (C=O) groups excluding carboxylic acids is 3. The van der Waals surface area contributed by atoms with Crippen LogP contribution in [0.1, 0.15) is 18.5 Å². The molecule has 2 aromatic carbocycles. The molecule has 7 nitrogen and oxygen atoms in total. The van der Waals surface area contributed by atoms with E-state index in [-0.39, 0.29) is 11.8 Å². The first-order valence-corrected chi connectivity index (χ1v) is 9.44. The van der Waals surface area contributed by atoms with E-state index >= 15 is 0 Å². The molecule has 4 rings (SSSR count). The number of hydrogen-bond donors (Lipinski definition) is 1. The van der Waals surface area contributed by atoms with E-state index in [2.05, 4.69) is 0 Å². The Bertz CT molecular complexity index is 976. The van der Waals surface area contributed by atoms with Crippen LogP contribution in [-0.2, 0) is 19.1 Å². The monoisotopic (exact) mass is 395 g/mol. The Labute approximate surface area is 168 Å². The zero-order chi connectivity index (χ0) is 20.8. The Morgan fingerprint density at radius 2 is 1.66 bits per heavy atom. The number of esters is 1. The van der Waals surface area contributed by atoms with Gasteiger partial charge in [-0.3, -0.25) is 9.59 Å². The van der Waals surface area contributed by atoms with Crippen molar-refractivity contribution in [2.45, 2.75) is 18.5 Å². The van der Waals surface area contributed by atoms with E-state index in [9.17, 15) is 14.4 Å². The lowest BCUT2D eigenvalue weighted by molar-refractivity contribution is -0.730. The fourth-order valence-electron chi connectivity index (χ4n) is 4.74. The lowest BCUT2D eigenvalue weighted by atomic mass is 9.80. The number of methoxy groups -OCH3 is 2. The number of fused-ring (bicyclic) bond motifs is 1. The van der Waals surface area contributed by atoms with Crippen molar-refractivity contribution in [2.75, 3.05) is 19.1 Å². The molecule has 0 bridgehead atoms. The minimum Gasteiger partial charge on any atom is -0.496 e. The maximum Gasteiger partial charge on any atom is 0.368 e. The zero-order valence-corrected chi connectivity index (χ0v) is 16.5. The third-order valence-corrected chi connectivity index (χ3v) is 6.05. The van der Waals surface area contributed by atoms with E-state index < -0.39 is 29.4 Å². The van der Waals surface area contributed by atoms with Crippen LogP contribution in [0.3, 0.4) is 0 Å². The van der Waals surface area contributed by atoms with Crippen LogP contribution in [0.15, 0.2) is 54.6 Å². The molecule has 4 atom stereocenters. The number of ether oxygens (including phenoxy) is 2. The zero-order valence-electron chi connectivity index (χ0n) is 16.5. The third kappa shape index (κ3) is 2.73. The topological polar surface area (TPSA) is 89.5 Å². The van der Waals surface area contributed by atoms with Gasteiger partial charge in [-0.05, 0) is 24.3 Å². The van der Waals surface area contributed by atoms with Crippen molar-refractivity contribution in [2.24, 2.45) is 11.8 Å². The van der Waals surface area contributed by atoms with Crippen LogP contribution in [0.25, 0.3) is 0 Å². The first-order chi connectivity index (χ1) is 13.9. The number of imide groups is 1. The minimum atomic E-state index is -1.22. The molecule has 29 heavy (non-hydrogen) atoms. The van der Waals surface area contributed by atoms with Crippen LogP contribution in [0.2, 0.25) is 0 Å². The number of quaternary nitrogens is 1. The molecule has 0 spiro atoms. The van der Waals surface area contributed by atoms with E-state index in [1.807, 2.05) is 30.3 Å². The molecule has 2 fully saturated rings. The molecule has 2 heterocycles. The fourth-order valence-corrected chi connectivity index (χ4v) is 4.74. The van der Waals surface area contributed by atoms with Gasteiger partial charge in [-0.25, -0.2) is 9.69 Å². The van der Waals surface area contributed by atoms with Crippen LogP contribution in [0, 0.1) is 11.8 Å². The van der Waals surface area contributed by atoms with Crippen molar-refractivity contribution < 1.29 is 29.2 Å². The highest BCUT2D eigenvalue weighted by atomic mass is 16.5. The molecule has 0 saturated carbocycles. The molecule has 2 saturated heterocycles. The first kappa shape index (κ1) is 19.1. The molecular formula is C22H23N2O5+. The van der Waals surface area contributed by atoms with Crippen molar-refractivity contribution in [3.63, 3.8) is 0 Å². The second-order valence-corrected chi connectivity index (χ2v) is 7.56. The van der Waals surface area contributed by atoms with Gasteiger partial charge in [0.25, 0.3) is 0 Å². The largest absolute Gasteiger partial charge is 0.496 e. The molecular weight excluding hydrogens is 372 g/mol. The standard InChI is InChI=1S/C22H22N2O5/c1-22(21(27)29-3)17-16(18(23-22)14-11-7-8-12-15(14)28-2)19(25)24(20(17)26)13-9-5-4-6-10-13/h4-12,16-18,23H,1-3H3/p+1/t16-,17-,18-,22-/m0/s1. The smallest absolute Gasteiger partial charge is 0.368 e. The molecule has 150 valence electrons. The predicted octanol–water partition coefficient (Wildman–Crippen LogP) is 1.05. The van der Waals surface area contributed by atoms with E-state index in [1.54, 1.807) is 43.6 Å². The SMILES string of the molecule is COC(=O)[C@@]1(C)[NH2+][C@@H](c2ccccc2OC)[C@H]2C(=O)N(c3ccccc3)C(=O)[C@H]21. The van der Waals surface area contributed by atoms with E-state index in [4.69, 9.17) is 9.47 Å². The summed E-state index contributed by atoms with van der Waals surface area (Å²) in [6.07, 6.45) is 0. The maximum absolute atomic E-state index is 13.5. The molecule has 7 heteroatoms. The van der Waals surface area contributed by atoms with Gasteiger partial charge in [-0.1, -0.05) is 30.3 Å². The summed E-state index contributed by atoms with van der Waals surface area (Å²) in [7, 11) is 2.85. The molecule has 2 N–H and O–H groups in total. The van der Waals surface area contributed by atoms with E-state index in [0.717, 1.165) is 5.56 Å². The fraction of sp³-hybridized carbons (Fsp3) is 0.318. The van der Waals surface area contributed by atoms with Gasteiger partial charge >= 0.3 is 5.97 Å². The van der Waals surface area contributed by atoms with E-state index in [0.29, 0.717) is 11.4 Å². The lowest BCUT2D eigenvalue weighted by Gasteiger charge is -2.26. The summed E-state index contributed by atoms with van der Waals surface area (Å²) in [5, 5.41) is 1.78. The highest BCUT2D eigenvalue weighted by Crippen LogP contribution is 2.47. The number of rotatable bonds is 4. The van der Waals surface area contributed by atoms with Crippen molar-refractivity contribution in [3.05, 3.63) is 60.2 Å². The normalized spacial score (nSPS) is 28.4. The van der Waals surface area contributed by atoms with Crippen LogP contribution >= 0.6 is 0 Å². The predicted molar refractivity (Wildman–Crippen MR) is 104 cm³/mol. The molecule has 0 aliphatic carbocycles. The highest BCUT2D eigenvalue weighted by molar-refractivity contribution is 6.23. The van der Waals surface area contributed by atoms with Crippen molar-refractivity contribution >= 4 is 23.5 Å². The Hall–Kier alpha value is -3.19. The summed E-state index contributed by atoms with van der Waals surface area (Å²) >= 11 is 0. The highest BCUT2D eigenvalue weighted by Gasteiger charge is 2.71. The van der Waals surface area contributed by atoms with Crippen LogP contribution in [-0.4, -0.2) is 37.5 Å². The van der Waals surface area contributed by atoms with Gasteiger partial charge in [0.05, 0.1) is 25.5 Å². The molecule has 0 unspecified atom stereocenters. The Morgan fingerprint density at radius 3 is 2.31 bits per heavy atom. The molecule has 2 amide bonds. The summed E-state index contributed by atoms with van der Waals surface area (Å²) in [5.41, 5.74) is 0.0536. The molecule has 2 aliphatic rings. The summed E-state index contributed by atoms with van der Waals surface area (Å²) in [5.74, 6) is -2.15. The first-order valence-electron chi connectivity index (χ1n) is 9.44.